The van der Waals surface area contributed by atoms with Gasteiger partial charge < -0.3 is 10.6 Å². The van der Waals surface area contributed by atoms with Gasteiger partial charge in [0.1, 0.15) is 6.54 Å². The number of carbonyl (C=O) groups excluding carboxylic acids is 1. The van der Waals surface area contributed by atoms with E-state index in [1.165, 1.54) is 6.42 Å². The van der Waals surface area contributed by atoms with E-state index in [1.807, 2.05) is 4.90 Å². The van der Waals surface area contributed by atoms with Crippen LogP contribution in [0, 0.1) is 11.8 Å². The van der Waals surface area contributed by atoms with Crippen molar-refractivity contribution in [2.45, 2.75) is 52.6 Å². The molecule has 21 heavy (non-hydrogen) atoms. The van der Waals surface area contributed by atoms with Crippen molar-refractivity contribution in [3.8, 4) is 0 Å². The van der Waals surface area contributed by atoms with Crippen LogP contribution in [0.15, 0.2) is 6.20 Å². The van der Waals surface area contributed by atoms with Gasteiger partial charge in [-0.15, -0.1) is 5.10 Å². The number of carbonyl (C=O) groups is 1. The second-order valence-electron chi connectivity index (χ2n) is 6.48. The van der Waals surface area contributed by atoms with Gasteiger partial charge in [0.05, 0.1) is 17.9 Å². The molecule has 6 heteroatoms. The van der Waals surface area contributed by atoms with Crippen LogP contribution in [0.4, 0.5) is 0 Å². The number of amides is 1. The standard InChI is InChI=1S/C15H27N5O/c1-4-5-13(16)14-9-20(18-17-14)10-15(21)19-7-11(2)6-12(3)8-19/h9,11-13H,4-8,10,16H2,1-3H3. The maximum Gasteiger partial charge on any atom is 0.244 e. The molecule has 0 bridgehead atoms. The van der Waals surface area contributed by atoms with Gasteiger partial charge in [-0.05, 0) is 24.7 Å². The fourth-order valence-corrected chi connectivity index (χ4v) is 3.12. The number of nitrogens with zero attached hydrogens (tertiary/aromatic N) is 4. The van der Waals surface area contributed by atoms with Gasteiger partial charge in [0.15, 0.2) is 0 Å². The maximum absolute atomic E-state index is 12.4. The van der Waals surface area contributed by atoms with E-state index >= 15 is 0 Å². The lowest BCUT2D eigenvalue weighted by Crippen LogP contribution is -2.44. The molecule has 0 aliphatic carbocycles. The molecular weight excluding hydrogens is 266 g/mol. The van der Waals surface area contributed by atoms with Crippen LogP contribution < -0.4 is 5.73 Å². The molecule has 3 atom stereocenters. The van der Waals surface area contributed by atoms with Crippen LogP contribution in [0.1, 0.15) is 51.8 Å². The fraction of sp³-hybridized carbons (Fsp3) is 0.800. The van der Waals surface area contributed by atoms with E-state index in [-0.39, 0.29) is 18.5 Å². The lowest BCUT2D eigenvalue weighted by Gasteiger charge is -2.34. The summed E-state index contributed by atoms with van der Waals surface area (Å²) in [6, 6.07) is -0.0890. The summed E-state index contributed by atoms with van der Waals surface area (Å²) in [5.74, 6) is 1.26. The Balaban J connectivity index is 1.93. The number of aromatic nitrogens is 3. The predicted molar refractivity (Wildman–Crippen MR) is 81.4 cm³/mol. The molecular formula is C15H27N5O. The van der Waals surface area contributed by atoms with Gasteiger partial charge in [0.25, 0.3) is 0 Å². The number of rotatable bonds is 5. The number of likely N-dealkylation sites (tertiary alicyclic amines) is 1. The summed E-state index contributed by atoms with van der Waals surface area (Å²) in [6.07, 6.45) is 4.89. The van der Waals surface area contributed by atoms with Crippen LogP contribution in [0.3, 0.4) is 0 Å². The molecule has 2 N–H and O–H groups in total. The quantitative estimate of drug-likeness (QED) is 0.894. The van der Waals surface area contributed by atoms with Gasteiger partial charge in [0, 0.05) is 13.1 Å². The third kappa shape index (κ3) is 4.27. The highest BCUT2D eigenvalue weighted by Gasteiger charge is 2.25. The summed E-state index contributed by atoms with van der Waals surface area (Å²) in [7, 11) is 0. The molecule has 2 rings (SSSR count). The van der Waals surface area contributed by atoms with E-state index in [9.17, 15) is 4.79 Å². The Morgan fingerprint density at radius 2 is 2.10 bits per heavy atom. The van der Waals surface area contributed by atoms with Gasteiger partial charge in [-0.3, -0.25) is 4.79 Å². The third-order valence-electron chi connectivity index (χ3n) is 4.05. The minimum atomic E-state index is -0.0890. The molecule has 1 saturated heterocycles. The Morgan fingerprint density at radius 1 is 1.43 bits per heavy atom. The summed E-state index contributed by atoms with van der Waals surface area (Å²) in [6.45, 7) is 8.44. The molecule has 1 fully saturated rings. The maximum atomic E-state index is 12.4. The van der Waals surface area contributed by atoms with Gasteiger partial charge in [-0.25, -0.2) is 4.68 Å². The van der Waals surface area contributed by atoms with Crippen molar-refractivity contribution < 1.29 is 4.79 Å². The third-order valence-corrected chi connectivity index (χ3v) is 4.05. The zero-order valence-electron chi connectivity index (χ0n) is 13.3. The minimum Gasteiger partial charge on any atom is -0.341 e. The Labute approximate surface area is 126 Å². The first kappa shape index (κ1) is 15.9. The zero-order chi connectivity index (χ0) is 15.4. The summed E-state index contributed by atoms with van der Waals surface area (Å²) in [5.41, 5.74) is 6.79. The number of hydrogen-bond donors (Lipinski definition) is 1. The van der Waals surface area contributed by atoms with E-state index in [2.05, 4.69) is 31.1 Å². The first-order valence-electron chi connectivity index (χ1n) is 7.93. The molecule has 1 aliphatic rings. The number of piperidine rings is 1. The average molecular weight is 293 g/mol. The molecule has 1 aliphatic heterocycles. The van der Waals surface area contributed by atoms with E-state index in [1.54, 1.807) is 10.9 Å². The van der Waals surface area contributed by atoms with Gasteiger partial charge in [-0.1, -0.05) is 32.4 Å². The van der Waals surface area contributed by atoms with Crippen LogP contribution in [-0.4, -0.2) is 38.9 Å². The van der Waals surface area contributed by atoms with Gasteiger partial charge in [-0.2, -0.15) is 0 Å². The highest BCUT2D eigenvalue weighted by Crippen LogP contribution is 2.21. The molecule has 1 aromatic rings. The fourth-order valence-electron chi connectivity index (χ4n) is 3.12. The molecule has 0 aromatic carbocycles. The highest BCUT2D eigenvalue weighted by molar-refractivity contribution is 5.76. The molecule has 0 spiro atoms. The van der Waals surface area contributed by atoms with Gasteiger partial charge >= 0.3 is 0 Å². The van der Waals surface area contributed by atoms with Crippen LogP contribution >= 0.6 is 0 Å². The summed E-state index contributed by atoms with van der Waals surface area (Å²) in [4.78, 5) is 14.3. The Kier molecular flexibility index (Phi) is 5.33. The Morgan fingerprint density at radius 3 is 2.71 bits per heavy atom. The van der Waals surface area contributed by atoms with E-state index in [0.717, 1.165) is 31.6 Å². The van der Waals surface area contributed by atoms with Crippen molar-refractivity contribution in [2.24, 2.45) is 17.6 Å². The largest absolute Gasteiger partial charge is 0.341 e. The molecule has 118 valence electrons. The molecule has 3 unspecified atom stereocenters. The van der Waals surface area contributed by atoms with E-state index in [0.29, 0.717) is 11.8 Å². The van der Waals surface area contributed by atoms with Gasteiger partial charge in [0.2, 0.25) is 5.91 Å². The highest BCUT2D eigenvalue weighted by atomic mass is 16.2. The van der Waals surface area contributed by atoms with Crippen molar-refractivity contribution in [3.63, 3.8) is 0 Å². The first-order valence-corrected chi connectivity index (χ1v) is 7.93. The van der Waals surface area contributed by atoms with Crippen LogP contribution in [0.2, 0.25) is 0 Å². The lowest BCUT2D eigenvalue weighted by molar-refractivity contribution is -0.134. The van der Waals surface area contributed by atoms with Crippen molar-refractivity contribution in [2.75, 3.05) is 13.1 Å². The average Bonchev–Trinajstić information content (AvgIpc) is 2.86. The second kappa shape index (κ2) is 7.02. The summed E-state index contributed by atoms with van der Waals surface area (Å²) >= 11 is 0. The Hall–Kier alpha value is -1.43. The Bertz CT molecular complexity index is 462. The molecule has 1 aromatic heterocycles. The SMILES string of the molecule is CCCC(N)c1cn(CC(=O)N2CC(C)CC(C)C2)nn1. The van der Waals surface area contributed by atoms with E-state index < -0.39 is 0 Å². The normalized spacial score (nSPS) is 24.1. The molecule has 6 nitrogen and oxygen atoms in total. The lowest BCUT2D eigenvalue weighted by atomic mass is 9.92. The van der Waals surface area contributed by atoms with Crippen molar-refractivity contribution >= 4 is 5.91 Å². The van der Waals surface area contributed by atoms with Crippen LogP contribution in [-0.2, 0) is 11.3 Å². The number of hydrogen-bond acceptors (Lipinski definition) is 4. The van der Waals surface area contributed by atoms with Crippen LogP contribution in [0.5, 0.6) is 0 Å². The topological polar surface area (TPSA) is 77.0 Å². The predicted octanol–water partition coefficient (Wildman–Crippen LogP) is 1.58. The molecule has 0 saturated carbocycles. The van der Waals surface area contributed by atoms with Crippen molar-refractivity contribution in [1.29, 1.82) is 0 Å². The van der Waals surface area contributed by atoms with Crippen LogP contribution in [0.25, 0.3) is 0 Å². The zero-order valence-corrected chi connectivity index (χ0v) is 13.3. The molecule has 1 amide bonds. The monoisotopic (exact) mass is 293 g/mol. The molecule has 2 heterocycles. The molecule has 0 radical (unpaired) electrons. The first-order chi connectivity index (χ1) is 9.99. The summed E-state index contributed by atoms with van der Waals surface area (Å²) < 4.78 is 1.61. The second-order valence-corrected chi connectivity index (χ2v) is 6.48. The summed E-state index contributed by atoms with van der Waals surface area (Å²) in [5, 5.41) is 8.11. The van der Waals surface area contributed by atoms with E-state index in [4.69, 9.17) is 5.73 Å². The minimum absolute atomic E-state index is 0.0890. The van der Waals surface area contributed by atoms with Crippen molar-refractivity contribution in [1.82, 2.24) is 19.9 Å². The smallest absolute Gasteiger partial charge is 0.244 e. The van der Waals surface area contributed by atoms with Crippen molar-refractivity contribution in [3.05, 3.63) is 11.9 Å². The number of nitrogens with two attached hydrogens (primary N) is 1.